The van der Waals surface area contributed by atoms with Gasteiger partial charge in [-0.1, -0.05) is 25.1 Å². The molecule has 0 aliphatic carbocycles. The second kappa shape index (κ2) is 9.74. The van der Waals surface area contributed by atoms with Gasteiger partial charge in [0, 0.05) is 38.9 Å². The van der Waals surface area contributed by atoms with E-state index in [0.29, 0.717) is 17.9 Å². The van der Waals surface area contributed by atoms with Crippen molar-refractivity contribution in [2.75, 3.05) is 5.32 Å². The van der Waals surface area contributed by atoms with Gasteiger partial charge in [-0.15, -0.1) is 0 Å². The molecule has 0 unspecified atom stereocenters. The number of aromatic amines is 2. The Kier molecular flexibility index (Phi) is 6.13. The molecule has 1 amide bonds. The molecule has 6 rings (SSSR count). The molecule has 3 N–H and O–H groups in total. The Bertz CT molecular complexity index is 1750. The van der Waals surface area contributed by atoms with Crippen LogP contribution in [0.4, 0.5) is 5.69 Å². The van der Waals surface area contributed by atoms with E-state index in [0.717, 1.165) is 56.3 Å². The largest absolute Gasteiger partial charge is 0.335 e. The number of pyridine rings is 2. The van der Waals surface area contributed by atoms with Crippen LogP contribution < -0.4 is 5.32 Å². The third-order valence-electron chi connectivity index (χ3n) is 6.17. The van der Waals surface area contributed by atoms with E-state index in [1.165, 1.54) is 3.57 Å². The number of carbonyl (C=O) groups is 1. The molecule has 0 aliphatic rings. The molecule has 0 spiro atoms. The van der Waals surface area contributed by atoms with Gasteiger partial charge >= 0.3 is 0 Å². The fourth-order valence-electron chi connectivity index (χ4n) is 4.38. The topological polar surface area (TPSA) is 112 Å². The summed E-state index contributed by atoms with van der Waals surface area (Å²) >= 11 is 2.30. The smallest absolute Gasteiger partial charge is 0.224 e. The summed E-state index contributed by atoms with van der Waals surface area (Å²) in [5, 5.41) is 11.5. The van der Waals surface area contributed by atoms with E-state index in [9.17, 15) is 4.79 Å². The molecule has 2 aromatic carbocycles. The summed E-state index contributed by atoms with van der Waals surface area (Å²) < 4.78 is 1.17. The average molecular weight is 599 g/mol. The molecule has 37 heavy (non-hydrogen) atoms. The van der Waals surface area contributed by atoms with E-state index < -0.39 is 0 Å². The Morgan fingerprint density at radius 2 is 1.73 bits per heavy atom. The third-order valence-corrected chi connectivity index (χ3v) is 6.89. The van der Waals surface area contributed by atoms with Crippen molar-refractivity contribution in [3.05, 3.63) is 76.9 Å². The average Bonchev–Trinajstić information content (AvgIpc) is 3.53. The summed E-state index contributed by atoms with van der Waals surface area (Å²) in [6, 6.07) is 16.3. The first-order chi connectivity index (χ1) is 18.1. The monoisotopic (exact) mass is 599 g/mol. The fourth-order valence-corrected chi connectivity index (χ4v) is 4.74. The number of carbonyl (C=O) groups excluding carboxylic acids is 1. The quantitative estimate of drug-likeness (QED) is 0.188. The van der Waals surface area contributed by atoms with Gasteiger partial charge in [0.05, 0.1) is 34.6 Å². The molecule has 4 heterocycles. The van der Waals surface area contributed by atoms with Gasteiger partial charge in [-0.05, 0) is 70.5 Å². The third kappa shape index (κ3) is 4.57. The molecule has 4 aromatic heterocycles. The molecule has 182 valence electrons. The van der Waals surface area contributed by atoms with Crippen LogP contribution in [0.5, 0.6) is 0 Å². The number of rotatable bonds is 6. The highest BCUT2D eigenvalue weighted by atomic mass is 127. The molecular formula is C28H22IN7O. The van der Waals surface area contributed by atoms with Crippen LogP contribution >= 0.6 is 22.6 Å². The van der Waals surface area contributed by atoms with Crippen molar-refractivity contribution in [1.82, 2.24) is 30.1 Å². The van der Waals surface area contributed by atoms with Gasteiger partial charge < -0.3 is 10.3 Å². The van der Waals surface area contributed by atoms with Crippen molar-refractivity contribution in [2.24, 2.45) is 0 Å². The zero-order valence-electron chi connectivity index (χ0n) is 19.9. The maximum atomic E-state index is 12.0. The zero-order valence-corrected chi connectivity index (χ0v) is 22.1. The second-order valence-electron chi connectivity index (χ2n) is 8.77. The maximum absolute atomic E-state index is 12.0. The molecule has 0 saturated heterocycles. The van der Waals surface area contributed by atoms with E-state index in [1.54, 1.807) is 18.6 Å². The van der Waals surface area contributed by atoms with Crippen molar-refractivity contribution in [2.45, 2.75) is 19.8 Å². The second-order valence-corrected chi connectivity index (χ2v) is 10.0. The van der Waals surface area contributed by atoms with Gasteiger partial charge in [-0.3, -0.25) is 19.9 Å². The summed E-state index contributed by atoms with van der Waals surface area (Å²) in [6.45, 7) is 1.98. The van der Waals surface area contributed by atoms with Crippen LogP contribution in [0, 0.1) is 3.57 Å². The molecular weight excluding hydrogens is 577 g/mol. The standard InChI is InChI=1S/C28H22IN7O/c1-2-3-25(37)32-20-10-18(12-30-13-20)17-6-9-23-21(11-17)27(36-35-23)28-33-24-15-31-14-22(26(24)34-28)16-4-7-19(29)8-5-16/h4-15H,2-3H2,1H3,(H,32,37)(H,33,34)(H,35,36). The molecule has 0 saturated carbocycles. The highest BCUT2D eigenvalue weighted by Crippen LogP contribution is 2.33. The first-order valence-corrected chi connectivity index (χ1v) is 13.0. The van der Waals surface area contributed by atoms with Crippen molar-refractivity contribution >= 4 is 56.1 Å². The molecule has 0 atom stereocenters. The lowest BCUT2D eigenvalue weighted by molar-refractivity contribution is -0.116. The van der Waals surface area contributed by atoms with Gasteiger partial charge in [-0.25, -0.2) is 4.98 Å². The number of nitrogens with one attached hydrogen (secondary N) is 3. The Balaban J connectivity index is 1.40. The normalized spacial score (nSPS) is 11.3. The van der Waals surface area contributed by atoms with E-state index >= 15 is 0 Å². The Labute approximate surface area is 226 Å². The lowest BCUT2D eigenvalue weighted by Gasteiger charge is -2.07. The van der Waals surface area contributed by atoms with Crippen LogP contribution in [0.1, 0.15) is 19.8 Å². The van der Waals surface area contributed by atoms with Gasteiger partial charge in [0.2, 0.25) is 5.91 Å². The number of fused-ring (bicyclic) bond motifs is 2. The van der Waals surface area contributed by atoms with Gasteiger partial charge in [-0.2, -0.15) is 5.10 Å². The SMILES string of the molecule is CCCC(=O)Nc1cncc(-c2ccc3[nH]nc(-c4nc5c(-c6ccc(I)cc6)cncc5[nH]4)c3c2)c1. The lowest BCUT2D eigenvalue weighted by Crippen LogP contribution is -2.10. The Morgan fingerprint density at radius 1 is 0.919 bits per heavy atom. The predicted molar refractivity (Wildman–Crippen MR) is 154 cm³/mol. The van der Waals surface area contributed by atoms with Crippen molar-refractivity contribution in [3.63, 3.8) is 0 Å². The maximum Gasteiger partial charge on any atom is 0.224 e. The van der Waals surface area contributed by atoms with E-state index in [4.69, 9.17) is 4.98 Å². The highest BCUT2D eigenvalue weighted by molar-refractivity contribution is 14.1. The van der Waals surface area contributed by atoms with Gasteiger partial charge in [0.25, 0.3) is 0 Å². The lowest BCUT2D eigenvalue weighted by atomic mass is 10.0. The number of aromatic nitrogens is 6. The van der Waals surface area contributed by atoms with E-state index in [1.807, 2.05) is 31.3 Å². The van der Waals surface area contributed by atoms with Crippen LogP contribution in [0.3, 0.4) is 0 Å². The minimum Gasteiger partial charge on any atom is -0.335 e. The summed E-state index contributed by atoms with van der Waals surface area (Å²) in [5.41, 5.74) is 7.88. The number of amides is 1. The van der Waals surface area contributed by atoms with Gasteiger partial charge in [0.1, 0.15) is 5.69 Å². The first-order valence-electron chi connectivity index (χ1n) is 11.9. The first kappa shape index (κ1) is 23.3. The van der Waals surface area contributed by atoms with Crippen LogP contribution in [-0.2, 0) is 4.79 Å². The number of hydrogen-bond donors (Lipinski definition) is 3. The zero-order chi connectivity index (χ0) is 25.4. The van der Waals surface area contributed by atoms with E-state index in [2.05, 4.69) is 83.4 Å². The molecule has 6 aromatic rings. The Hall–Kier alpha value is -4.12. The molecule has 0 fully saturated rings. The Morgan fingerprint density at radius 3 is 2.57 bits per heavy atom. The van der Waals surface area contributed by atoms with Crippen LogP contribution in [0.25, 0.3) is 55.7 Å². The summed E-state index contributed by atoms with van der Waals surface area (Å²) in [4.78, 5) is 29.1. The van der Waals surface area contributed by atoms with Crippen LogP contribution in [-0.4, -0.2) is 36.0 Å². The number of nitrogens with zero attached hydrogens (tertiary/aromatic N) is 4. The molecule has 8 nitrogen and oxygen atoms in total. The van der Waals surface area contributed by atoms with Crippen LogP contribution in [0.2, 0.25) is 0 Å². The minimum absolute atomic E-state index is 0.0157. The summed E-state index contributed by atoms with van der Waals surface area (Å²) in [5.74, 6) is 0.648. The highest BCUT2D eigenvalue weighted by Gasteiger charge is 2.16. The molecule has 0 aliphatic heterocycles. The van der Waals surface area contributed by atoms with Crippen molar-refractivity contribution in [1.29, 1.82) is 0 Å². The predicted octanol–water partition coefficient (Wildman–Crippen LogP) is 6.57. The number of H-pyrrole nitrogens is 2. The molecule has 9 heteroatoms. The minimum atomic E-state index is -0.0157. The van der Waals surface area contributed by atoms with Gasteiger partial charge in [0.15, 0.2) is 5.82 Å². The number of anilines is 1. The van der Waals surface area contributed by atoms with E-state index in [-0.39, 0.29) is 5.91 Å². The summed E-state index contributed by atoms with van der Waals surface area (Å²) in [7, 11) is 0. The van der Waals surface area contributed by atoms with Crippen molar-refractivity contribution in [3.8, 4) is 33.8 Å². The number of hydrogen-bond acceptors (Lipinski definition) is 5. The van der Waals surface area contributed by atoms with Crippen molar-refractivity contribution < 1.29 is 4.79 Å². The molecule has 0 radical (unpaired) electrons. The number of halogens is 1. The fraction of sp³-hybridized carbons (Fsp3) is 0.107. The number of benzene rings is 2. The summed E-state index contributed by atoms with van der Waals surface area (Å²) in [6.07, 6.45) is 8.35. The number of imidazole rings is 1. The molecule has 0 bridgehead atoms. The van der Waals surface area contributed by atoms with Crippen LogP contribution in [0.15, 0.2) is 73.3 Å².